The molecule has 0 aliphatic carbocycles. The first-order chi connectivity index (χ1) is 8.19. The van der Waals surface area contributed by atoms with Crippen LogP contribution in [0.3, 0.4) is 0 Å². The number of anilines is 1. The van der Waals surface area contributed by atoms with Gasteiger partial charge in [-0.3, -0.25) is 0 Å². The molecule has 2 rings (SSSR count). The highest BCUT2D eigenvalue weighted by molar-refractivity contribution is 5.80. The van der Waals surface area contributed by atoms with Gasteiger partial charge in [-0.1, -0.05) is 5.16 Å². The van der Waals surface area contributed by atoms with Crippen molar-refractivity contribution in [2.75, 3.05) is 12.1 Å². The van der Waals surface area contributed by atoms with Crippen LogP contribution >= 0.6 is 0 Å². The number of fused-ring (bicyclic) bond motifs is 1. The van der Waals surface area contributed by atoms with E-state index in [-0.39, 0.29) is 18.7 Å². The quantitative estimate of drug-likeness (QED) is 0.318. The van der Waals surface area contributed by atoms with E-state index >= 15 is 0 Å². The van der Waals surface area contributed by atoms with E-state index < -0.39 is 0 Å². The lowest BCUT2D eigenvalue weighted by Crippen LogP contribution is -2.24. The maximum Gasteiger partial charge on any atom is 0.231 e. The van der Waals surface area contributed by atoms with E-state index in [1.807, 2.05) is 25.1 Å². The van der Waals surface area contributed by atoms with Crippen molar-refractivity contribution in [3.63, 3.8) is 0 Å². The molecular formula is C11H15N3O3. The van der Waals surface area contributed by atoms with Gasteiger partial charge >= 0.3 is 0 Å². The number of nitrogens with one attached hydrogen (secondary N) is 1. The van der Waals surface area contributed by atoms with Gasteiger partial charge in [0.1, 0.15) is 5.84 Å². The predicted molar refractivity (Wildman–Crippen MR) is 63.7 cm³/mol. The third-order valence-corrected chi connectivity index (χ3v) is 2.43. The van der Waals surface area contributed by atoms with Crippen LogP contribution < -0.4 is 20.5 Å². The van der Waals surface area contributed by atoms with Crippen LogP contribution in [0.25, 0.3) is 0 Å². The summed E-state index contributed by atoms with van der Waals surface area (Å²) in [6, 6.07) is 5.67. The highest BCUT2D eigenvalue weighted by atomic mass is 16.7. The van der Waals surface area contributed by atoms with Crippen molar-refractivity contribution < 1.29 is 14.7 Å². The Bertz CT molecular complexity index is 434. The van der Waals surface area contributed by atoms with Gasteiger partial charge < -0.3 is 25.7 Å². The third-order valence-electron chi connectivity index (χ3n) is 2.43. The molecule has 1 atom stereocenters. The number of hydrogen-bond acceptors (Lipinski definition) is 5. The zero-order valence-electron chi connectivity index (χ0n) is 9.51. The molecule has 0 amide bonds. The minimum atomic E-state index is 0.0614. The Hall–Kier alpha value is -2.11. The fourth-order valence-corrected chi connectivity index (χ4v) is 1.68. The molecule has 4 N–H and O–H groups in total. The number of amidine groups is 1. The fourth-order valence-electron chi connectivity index (χ4n) is 1.68. The normalized spacial score (nSPS) is 15.7. The summed E-state index contributed by atoms with van der Waals surface area (Å²) in [5.74, 6) is 1.68. The number of nitrogens with two attached hydrogens (primary N) is 1. The molecule has 92 valence electrons. The molecule has 0 saturated heterocycles. The minimum Gasteiger partial charge on any atom is -0.454 e. The molecule has 1 aliphatic rings. The summed E-state index contributed by atoms with van der Waals surface area (Å²) in [4.78, 5) is 0. The molecule has 1 heterocycles. The Balaban J connectivity index is 1.99. The second-order valence-electron chi connectivity index (χ2n) is 3.91. The zero-order valence-corrected chi connectivity index (χ0v) is 9.51. The number of ether oxygens (including phenoxy) is 2. The van der Waals surface area contributed by atoms with E-state index in [2.05, 4.69) is 10.5 Å². The van der Waals surface area contributed by atoms with Gasteiger partial charge in [-0.15, -0.1) is 0 Å². The second kappa shape index (κ2) is 4.82. The van der Waals surface area contributed by atoms with Gasteiger partial charge in [0.15, 0.2) is 11.5 Å². The van der Waals surface area contributed by atoms with Crippen molar-refractivity contribution in [1.29, 1.82) is 0 Å². The van der Waals surface area contributed by atoms with Crippen LogP contribution in [-0.2, 0) is 0 Å². The maximum absolute atomic E-state index is 8.48. The van der Waals surface area contributed by atoms with E-state index in [0.717, 1.165) is 17.2 Å². The molecule has 6 heteroatoms. The Morgan fingerprint density at radius 3 is 3.06 bits per heavy atom. The largest absolute Gasteiger partial charge is 0.454 e. The van der Waals surface area contributed by atoms with Crippen LogP contribution in [0.5, 0.6) is 11.5 Å². The summed E-state index contributed by atoms with van der Waals surface area (Å²) in [7, 11) is 0. The molecule has 1 aromatic carbocycles. The molecule has 0 fully saturated rings. The van der Waals surface area contributed by atoms with Crippen molar-refractivity contribution in [3.8, 4) is 11.5 Å². The van der Waals surface area contributed by atoms with E-state index in [9.17, 15) is 0 Å². The maximum atomic E-state index is 8.48. The summed E-state index contributed by atoms with van der Waals surface area (Å²) in [5.41, 5.74) is 6.34. The number of oxime groups is 1. The van der Waals surface area contributed by atoms with Crippen LogP contribution in [-0.4, -0.2) is 23.9 Å². The number of hydrogen-bond donors (Lipinski definition) is 3. The summed E-state index contributed by atoms with van der Waals surface area (Å²) >= 11 is 0. The Morgan fingerprint density at radius 1 is 1.53 bits per heavy atom. The first kappa shape index (κ1) is 11.4. The summed E-state index contributed by atoms with van der Waals surface area (Å²) in [5, 5.41) is 14.6. The van der Waals surface area contributed by atoms with Crippen LogP contribution in [0, 0.1) is 0 Å². The smallest absolute Gasteiger partial charge is 0.231 e. The van der Waals surface area contributed by atoms with Crippen molar-refractivity contribution in [2.24, 2.45) is 10.9 Å². The van der Waals surface area contributed by atoms with Gasteiger partial charge in [0.2, 0.25) is 6.79 Å². The number of rotatable bonds is 4. The summed E-state index contributed by atoms with van der Waals surface area (Å²) in [6.45, 7) is 2.21. The molecule has 1 aromatic rings. The average molecular weight is 237 g/mol. The molecule has 6 nitrogen and oxygen atoms in total. The van der Waals surface area contributed by atoms with Gasteiger partial charge in [0, 0.05) is 24.2 Å². The van der Waals surface area contributed by atoms with E-state index in [1.165, 1.54) is 0 Å². The summed E-state index contributed by atoms with van der Waals surface area (Å²) < 4.78 is 10.5. The van der Waals surface area contributed by atoms with Gasteiger partial charge in [0.25, 0.3) is 0 Å². The second-order valence-corrected chi connectivity index (χ2v) is 3.91. The van der Waals surface area contributed by atoms with Crippen LogP contribution in [0.1, 0.15) is 13.3 Å². The highest BCUT2D eigenvalue weighted by Crippen LogP contribution is 2.34. The number of nitrogens with zero attached hydrogens (tertiary/aromatic N) is 1. The van der Waals surface area contributed by atoms with Gasteiger partial charge in [-0.05, 0) is 19.1 Å². The third kappa shape index (κ3) is 2.72. The molecule has 0 radical (unpaired) electrons. The van der Waals surface area contributed by atoms with Crippen molar-refractivity contribution in [1.82, 2.24) is 0 Å². The van der Waals surface area contributed by atoms with E-state index in [0.29, 0.717) is 6.42 Å². The summed E-state index contributed by atoms with van der Waals surface area (Å²) in [6.07, 6.45) is 0.463. The van der Waals surface area contributed by atoms with Gasteiger partial charge in [-0.2, -0.15) is 0 Å². The molecule has 1 unspecified atom stereocenters. The molecule has 17 heavy (non-hydrogen) atoms. The molecular weight excluding hydrogens is 222 g/mol. The SMILES string of the molecule is CC(CC(N)=NO)Nc1ccc2c(c1)OCO2. The van der Waals surface area contributed by atoms with Crippen molar-refractivity contribution in [2.45, 2.75) is 19.4 Å². The lowest BCUT2D eigenvalue weighted by atomic mass is 10.2. The molecule has 1 aliphatic heterocycles. The Morgan fingerprint density at radius 2 is 2.29 bits per heavy atom. The standard InChI is InChI=1S/C11H15N3O3/c1-7(4-11(12)14-15)13-8-2-3-9-10(5-8)17-6-16-9/h2-3,5,7,13,15H,4,6H2,1H3,(H2,12,14). The predicted octanol–water partition coefficient (Wildman–Crippen LogP) is 1.35. The lowest BCUT2D eigenvalue weighted by Gasteiger charge is -2.14. The molecule has 0 aromatic heterocycles. The molecule has 0 spiro atoms. The van der Waals surface area contributed by atoms with Crippen LogP contribution in [0.2, 0.25) is 0 Å². The Labute approximate surface area is 99.0 Å². The van der Waals surface area contributed by atoms with Gasteiger partial charge in [0.05, 0.1) is 0 Å². The monoisotopic (exact) mass is 237 g/mol. The van der Waals surface area contributed by atoms with Gasteiger partial charge in [-0.25, -0.2) is 0 Å². The topological polar surface area (TPSA) is 89.1 Å². The first-order valence-corrected chi connectivity index (χ1v) is 5.31. The van der Waals surface area contributed by atoms with Crippen molar-refractivity contribution >= 4 is 11.5 Å². The molecule has 0 bridgehead atoms. The first-order valence-electron chi connectivity index (χ1n) is 5.31. The van der Waals surface area contributed by atoms with Crippen LogP contribution in [0.4, 0.5) is 5.69 Å². The Kier molecular flexibility index (Phi) is 3.22. The highest BCUT2D eigenvalue weighted by Gasteiger charge is 2.14. The lowest BCUT2D eigenvalue weighted by molar-refractivity contribution is 0.174. The molecule has 0 saturated carbocycles. The fraction of sp³-hybridized carbons (Fsp3) is 0.364. The van der Waals surface area contributed by atoms with Crippen molar-refractivity contribution in [3.05, 3.63) is 18.2 Å². The van der Waals surface area contributed by atoms with E-state index in [4.69, 9.17) is 20.4 Å². The minimum absolute atomic E-state index is 0.0614. The average Bonchev–Trinajstić information content (AvgIpc) is 2.75. The number of benzene rings is 1. The van der Waals surface area contributed by atoms with Crippen LogP contribution in [0.15, 0.2) is 23.4 Å². The zero-order chi connectivity index (χ0) is 12.3. The van der Waals surface area contributed by atoms with E-state index in [1.54, 1.807) is 0 Å².